The third kappa shape index (κ3) is 2.31. The highest BCUT2D eigenvalue weighted by Crippen LogP contribution is 2.31. The maximum atomic E-state index is 12.5. The van der Waals surface area contributed by atoms with Gasteiger partial charge in [-0.1, -0.05) is 34.1 Å². The lowest BCUT2D eigenvalue weighted by molar-refractivity contribution is 0.0759. The fourth-order valence-corrected chi connectivity index (χ4v) is 3.56. The Bertz CT molecular complexity index is 543. The zero-order valence-electron chi connectivity index (χ0n) is 9.93. The second kappa shape index (κ2) is 5.02. The maximum Gasteiger partial charge on any atom is 0.264 e. The molecule has 1 amide bonds. The van der Waals surface area contributed by atoms with Gasteiger partial charge in [-0.3, -0.25) is 4.79 Å². The van der Waals surface area contributed by atoms with Crippen LogP contribution in [-0.2, 0) is 0 Å². The number of benzene rings is 1. The summed E-state index contributed by atoms with van der Waals surface area (Å²) in [7, 11) is 0. The van der Waals surface area contributed by atoms with E-state index >= 15 is 0 Å². The van der Waals surface area contributed by atoms with Crippen molar-refractivity contribution in [2.75, 3.05) is 11.9 Å². The first-order valence-corrected chi connectivity index (χ1v) is 8.09. The molecule has 1 saturated carbocycles. The molecule has 1 aliphatic carbocycles. The Morgan fingerprint density at radius 2 is 2.17 bits per heavy atom. The molecule has 0 saturated heterocycles. The molecule has 0 aliphatic heterocycles. The van der Waals surface area contributed by atoms with Crippen molar-refractivity contribution in [3.63, 3.8) is 0 Å². The van der Waals surface area contributed by atoms with E-state index < -0.39 is 0 Å². The van der Waals surface area contributed by atoms with Crippen LogP contribution in [0.3, 0.4) is 0 Å². The van der Waals surface area contributed by atoms with Gasteiger partial charge < -0.3 is 4.90 Å². The van der Waals surface area contributed by atoms with E-state index in [1.807, 2.05) is 23.1 Å². The molecule has 0 N–H and O–H groups in total. The van der Waals surface area contributed by atoms with E-state index in [0.29, 0.717) is 6.04 Å². The van der Waals surface area contributed by atoms with Crippen LogP contribution in [0.4, 0.5) is 0 Å². The molecule has 2 aromatic rings. The fraction of sp³-hybridized carbons (Fsp3) is 0.357. The molecule has 1 fully saturated rings. The summed E-state index contributed by atoms with van der Waals surface area (Å²) in [5, 5.41) is 2.01. The van der Waals surface area contributed by atoms with Crippen LogP contribution in [0.5, 0.6) is 0 Å². The molecule has 0 radical (unpaired) electrons. The molecule has 1 aromatic carbocycles. The predicted octanol–water partition coefficient (Wildman–Crippen LogP) is 3.90. The summed E-state index contributed by atoms with van der Waals surface area (Å²) in [5.74, 6) is 0.193. The standard InChI is InChI=1S/C14H14BrNOS/c15-7-8-16(11-5-6-11)14(17)13-9-10-3-1-2-4-12(10)18-13/h1-4,9,11H,5-8H2. The van der Waals surface area contributed by atoms with Gasteiger partial charge >= 0.3 is 0 Å². The summed E-state index contributed by atoms with van der Waals surface area (Å²) >= 11 is 5.03. The second-order valence-electron chi connectivity index (χ2n) is 4.57. The summed E-state index contributed by atoms with van der Waals surface area (Å²) in [4.78, 5) is 15.4. The Hall–Kier alpha value is -0.870. The van der Waals surface area contributed by atoms with Crippen molar-refractivity contribution in [1.82, 2.24) is 4.90 Å². The molecular formula is C14H14BrNOS. The number of halogens is 1. The summed E-state index contributed by atoms with van der Waals surface area (Å²) in [6.07, 6.45) is 2.31. The number of carbonyl (C=O) groups is 1. The van der Waals surface area contributed by atoms with E-state index in [1.165, 1.54) is 10.1 Å². The highest BCUT2D eigenvalue weighted by Gasteiger charge is 2.33. The lowest BCUT2D eigenvalue weighted by atomic mass is 10.2. The molecule has 4 heteroatoms. The second-order valence-corrected chi connectivity index (χ2v) is 6.44. The summed E-state index contributed by atoms with van der Waals surface area (Å²) in [5.41, 5.74) is 0. The minimum atomic E-state index is 0.193. The van der Waals surface area contributed by atoms with Crippen LogP contribution in [0.1, 0.15) is 22.5 Å². The molecule has 18 heavy (non-hydrogen) atoms. The lowest BCUT2D eigenvalue weighted by Gasteiger charge is -2.20. The summed E-state index contributed by atoms with van der Waals surface area (Å²) < 4.78 is 1.19. The fourth-order valence-electron chi connectivity index (χ4n) is 2.16. The van der Waals surface area contributed by atoms with E-state index in [4.69, 9.17) is 0 Å². The monoisotopic (exact) mass is 323 g/mol. The third-order valence-corrected chi connectivity index (χ3v) is 4.67. The van der Waals surface area contributed by atoms with Crippen LogP contribution in [0.15, 0.2) is 30.3 Å². The van der Waals surface area contributed by atoms with Crippen LogP contribution >= 0.6 is 27.3 Å². The van der Waals surface area contributed by atoms with Crippen molar-refractivity contribution in [3.8, 4) is 0 Å². The zero-order chi connectivity index (χ0) is 12.5. The van der Waals surface area contributed by atoms with Gasteiger partial charge in [-0.15, -0.1) is 11.3 Å². The Morgan fingerprint density at radius 3 is 2.83 bits per heavy atom. The van der Waals surface area contributed by atoms with Crippen molar-refractivity contribution in [1.29, 1.82) is 0 Å². The molecule has 0 unspecified atom stereocenters. The highest BCUT2D eigenvalue weighted by molar-refractivity contribution is 9.09. The van der Waals surface area contributed by atoms with Gasteiger partial charge in [-0.2, -0.15) is 0 Å². The van der Waals surface area contributed by atoms with E-state index in [9.17, 15) is 4.79 Å². The van der Waals surface area contributed by atoms with Gasteiger partial charge in [0.05, 0.1) is 4.88 Å². The number of thiophene rings is 1. The average molecular weight is 324 g/mol. The number of alkyl halides is 1. The normalized spacial score (nSPS) is 14.9. The Morgan fingerprint density at radius 1 is 1.39 bits per heavy atom. The van der Waals surface area contributed by atoms with Crippen molar-refractivity contribution >= 4 is 43.3 Å². The van der Waals surface area contributed by atoms with E-state index in [2.05, 4.69) is 28.1 Å². The molecule has 94 valence electrons. The summed E-state index contributed by atoms with van der Waals surface area (Å²) in [6.45, 7) is 0.803. The first-order valence-electron chi connectivity index (χ1n) is 6.15. The smallest absolute Gasteiger partial charge is 0.264 e. The molecule has 1 heterocycles. The van der Waals surface area contributed by atoms with Crippen LogP contribution in [-0.4, -0.2) is 28.7 Å². The van der Waals surface area contributed by atoms with E-state index in [0.717, 1.165) is 29.6 Å². The topological polar surface area (TPSA) is 20.3 Å². The molecule has 0 bridgehead atoms. The van der Waals surface area contributed by atoms with Crippen LogP contribution in [0.2, 0.25) is 0 Å². The Balaban J connectivity index is 1.90. The molecule has 2 nitrogen and oxygen atoms in total. The number of nitrogens with zero attached hydrogens (tertiary/aromatic N) is 1. The number of hydrogen-bond donors (Lipinski definition) is 0. The molecule has 3 rings (SSSR count). The zero-order valence-corrected chi connectivity index (χ0v) is 12.3. The molecule has 1 aromatic heterocycles. The van der Waals surface area contributed by atoms with Crippen LogP contribution < -0.4 is 0 Å². The largest absolute Gasteiger partial charge is 0.334 e. The number of carbonyl (C=O) groups excluding carboxylic acids is 1. The highest BCUT2D eigenvalue weighted by atomic mass is 79.9. The van der Waals surface area contributed by atoms with Crippen molar-refractivity contribution in [2.45, 2.75) is 18.9 Å². The lowest BCUT2D eigenvalue weighted by Crippen LogP contribution is -2.34. The Labute approximate surface area is 119 Å². The number of hydrogen-bond acceptors (Lipinski definition) is 2. The number of rotatable bonds is 4. The minimum absolute atomic E-state index is 0.193. The van der Waals surface area contributed by atoms with Crippen molar-refractivity contribution in [3.05, 3.63) is 35.2 Å². The average Bonchev–Trinajstić information content (AvgIpc) is 3.13. The molecule has 1 aliphatic rings. The molecular weight excluding hydrogens is 310 g/mol. The maximum absolute atomic E-state index is 12.5. The van der Waals surface area contributed by atoms with Crippen molar-refractivity contribution < 1.29 is 4.79 Å². The van der Waals surface area contributed by atoms with Crippen LogP contribution in [0.25, 0.3) is 10.1 Å². The molecule has 0 spiro atoms. The predicted molar refractivity (Wildman–Crippen MR) is 79.7 cm³/mol. The van der Waals surface area contributed by atoms with Gasteiger partial charge in [0.15, 0.2) is 0 Å². The number of amides is 1. The van der Waals surface area contributed by atoms with Crippen LogP contribution in [0, 0.1) is 0 Å². The van der Waals surface area contributed by atoms with Crippen molar-refractivity contribution in [2.24, 2.45) is 0 Å². The van der Waals surface area contributed by atoms with Gasteiger partial charge in [-0.25, -0.2) is 0 Å². The van der Waals surface area contributed by atoms with Gasteiger partial charge in [0.1, 0.15) is 0 Å². The first kappa shape index (κ1) is 12.2. The van der Waals surface area contributed by atoms with Gasteiger partial charge in [-0.05, 0) is 30.4 Å². The van der Waals surface area contributed by atoms with Gasteiger partial charge in [0, 0.05) is 22.6 Å². The van der Waals surface area contributed by atoms with Gasteiger partial charge in [0.2, 0.25) is 0 Å². The number of fused-ring (bicyclic) bond motifs is 1. The summed E-state index contributed by atoms with van der Waals surface area (Å²) in [6, 6.07) is 10.7. The first-order chi connectivity index (χ1) is 8.79. The molecule has 0 atom stereocenters. The minimum Gasteiger partial charge on any atom is -0.334 e. The van der Waals surface area contributed by atoms with E-state index in [1.54, 1.807) is 11.3 Å². The van der Waals surface area contributed by atoms with E-state index in [-0.39, 0.29) is 5.91 Å². The third-order valence-electron chi connectivity index (χ3n) is 3.21. The Kier molecular flexibility index (Phi) is 3.39. The van der Waals surface area contributed by atoms with Gasteiger partial charge in [0.25, 0.3) is 5.91 Å². The quantitative estimate of drug-likeness (QED) is 0.781. The SMILES string of the molecule is O=C(c1cc2ccccc2s1)N(CCBr)C1CC1.